The van der Waals surface area contributed by atoms with Gasteiger partial charge in [0, 0.05) is 0 Å². The van der Waals surface area contributed by atoms with Crippen molar-refractivity contribution in [1.29, 1.82) is 0 Å². The van der Waals surface area contributed by atoms with Gasteiger partial charge in [0.25, 0.3) is 0 Å². The van der Waals surface area contributed by atoms with Gasteiger partial charge in [0.2, 0.25) is 0 Å². The van der Waals surface area contributed by atoms with Crippen molar-refractivity contribution in [2.75, 3.05) is 0 Å². The highest BCUT2D eigenvalue weighted by Crippen LogP contribution is 2.31. The topological polar surface area (TPSA) is 0 Å². The fourth-order valence-corrected chi connectivity index (χ4v) is 4.27. The van der Waals surface area contributed by atoms with Crippen LogP contribution in [0, 0.1) is 6.92 Å². The molecule has 0 nitrogen and oxygen atoms in total. The van der Waals surface area contributed by atoms with Gasteiger partial charge in [-0.2, -0.15) is 0 Å². The van der Waals surface area contributed by atoms with Crippen molar-refractivity contribution in [3.63, 3.8) is 0 Å². The lowest BCUT2D eigenvalue weighted by Crippen LogP contribution is -1.90. The summed E-state index contributed by atoms with van der Waals surface area (Å²) < 4.78 is 0. The van der Waals surface area contributed by atoms with E-state index in [9.17, 15) is 0 Å². The molecule has 0 saturated heterocycles. The van der Waals surface area contributed by atoms with Crippen LogP contribution in [0.25, 0.3) is 22.3 Å². The molecule has 0 aromatic heterocycles. The second kappa shape index (κ2) is 8.56. The molecule has 0 heterocycles. The fourth-order valence-electron chi connectivity index (χ4n) is 3.24. The van der Waals surface area contributed by atoms with E-state index < -0.39 is 0 Å². The highest BCUT2D eigenvalue weighted by molar-refractivity contribution is 7.16. The monoisotopic (exact) mass is 382 g/mol. The first-order chi connectivity index (χ1) is 12.2. The van der Waals surface area contributed by atoms with Crippen LogP contribution < -0.4 is 0 Å². The Morgan fingerprint density at radius 2 is 1.36 bits per heavy atom. The Labute approximate surface area is 158 Å². The van der Waals surface area contributed by atoms with E-state index in [4.69, 9.17) is 0 Å². The third-order valence-electron chi connectivity index (χ3n) is 4.68. The zero-order chi connectivity index (χ0) is 17.8. The molecule has 0 fully saturated rings. The van der Waals surface area contributed by atoms with Crippen LogP contribution in [-0.4, -0.2) is 0 Å². The van der Waals surface area contributed by atoms with E-state index in [1.165, 1.54) is 44.5 Å². The summed E-state index contributed by atoms with van der Waals surface area (Å²) >= 11 is 0. The summed E-state index contributed by atoms with van der Waals surface area (Å²) in [6.45, 7) is 2.20. The number of rotatable bonds is 5. The summed E-state index contributed by atoms with van der Waals surface area (Å²) in [5.41, 5.74) is 10.7. The SMILES string of the molecule is Cc1cc(CP)ccc1-c1cccc(-c2ccc(CP)c(CP)c2)c1. The number of benzene rings is 3. The van der Waals surface area contributed by atoms with Crippen LogP contribution in [-0.2, 0) is 18.5 Å². The van der Waals surface area contributed by atoms with Crippen molar-refractivity contribution in [3.8, 4) is 22.3 Å². The van der Waals surface area contributed by atoms with Gasteiger partial charge in [0.1, 0.15) is 0 Å². The predicted molar refractivity (Wildman–Crippen MR) is 122 cm³/mol. The van der Waals surface area contributed by atoms with Gasteiger partial charge in [-0.15, -0.1) is 27.7 Å². The molecule has 128 valence electrons. The Bertz CT molecular complexity index is 884. The minimum atomic E-state index is 0.993. The van der Waals surface area contributed by atoms with E-state index in [0.717, 1.165) is 18.5 Å². The van der Waals surface area contributed by atoms with E-state index in [0.29, 0.717) is 0 Å². The number of aryl methyl sites for hydroxylation is 1. The molecule has 25 heavy (non-hydrogen) atoms. The van der Waals surface area contributed by atoms with Gasteiger partial charge in [0.05, 0.1) is 0 Å². The van der Waals surface area contributed by atoms with Crippen LogP contribution in [0.5, 0.6) is 0 Å². The molecule has 3 unspecified atom stereocenters. The summed E-state index contributed by atoms with van der Waals surface area (Å²) in [5, 5.41) is 0. The Kier molecular flexibility index (Phi) is 6.41. The molecule has 3 aromatic carbocycles. The molecule has 0 N–H and O–H groups in total. The van der Waals surface area contributed by atoms with Gasteiger partial charge in [-0.25, -0.2) is 0 Å². The molecule has 3 atom stereocenters. The molecule has 0 aliphatic heterocycles. The van der Waals surface area contributed by atoms with Gasteiger partial charge in [-0.05, 0) is 76.0 Å². The molecular formula is C22H25P3. The maximum absolute atomic E-state index is 2.85. The second-order valence-corrected chi connectivity index (χ2v) is 7.55. The molecule has 3 aromatic rings. The largest absolute Gasteiger partial charge is 0.133 e. The van der Waals surface area contributed by atoms with E-state index in [2.05, 4.69) is 95.3 Å². The van der Waals surface area contributed by atoms with Crippen LogP contribution in [0.3, 0.4) is 0 Å². The third kappa shape index (κ3) is 4.20. The summed E-state index contributed by atoms with van der Waals surface area (Å²) in [7, 11) is 8.47. The van der Waals surface area contributed by atoms with Crippen molar-refractivity contribution < 1.29 is 0 Å². The average Bonchev–Trinajstić information content (AvgIpc) is 2.67. The zero-order valence-electron chi connectivity index (χ0n) is 14.6. The Balaban J connectivity index is 2.02. The fraction of sp³-hybridized carbons (Fsp3) is 0.182. The van der Waals surface area contributed by atoms with Crippen LogP contribution in [0.4, 0.5) is 0 Å². The molecule has 0 spiro atoms. The van der Waals surface area contributed by atoms with Crippen molar-refractivity contribution in [2.24, 2.45) is 0 Å². The lowest BCUT2D eigenvalue weighted by atomic mass is 9.94. The Morgan fingerprint density at radius 1 is 0.640 bits per heavy atom. The summed E-state index contributed by atoms with van der Waals surface area (Å²) in [6.07, 6.45) is 3.00. The smallest absolute Gasteiger partial charge is 0.0125 e. The van der Waals surface area contributed by atoms with Gasteiger partial charge < -0.3 is 0 Å². The molecule has 0 aliphatic carbocycles. The first-order valence-electron chi connectivity index (χ1n) is 8.58. The number of hydrogen-bond acceptors (Lipinski definition) is 0. The maximum atomic E-state index is 2.85. The Hall–Kier alpha value is -1.05. The number of hydrogen-bond donors (Lipinski definition) is 0. The molecule has 3 heteroatoms. The molecule has 0 bridgehead atoms. The summed E-state index contributed by atoms with van der Waals surface area (Å²) in [4.78, 5) is 0. The lowest BCUT2D eigenvalue weighted by molar-refractivity contribution is 1.28. The van der Waals surface area contributed by atoms with Crippen LogP contribution in [0.2, 0.25) is 0 Å². The summed E-state index contributed by atoms with van der Waals surface area (Å²) in [5.74, 6) is 0. The first kappa shape index (κ1) is 18.7. The quantitative estimate of drug-likeness (QED) is 0.445. The van der Waals surface area contributed by atoms with Gasteiger partial charge in [-0.1, -0.05) is 54.6 Å². The Morgan fingerprint density at radius 3 is 2.04 bits per heavy atom. The first-order valence-corrected chi connectivity index (χ1v) is 11.0. The predicted octanol–water partition coefficient (Wildman–Crippen LogP) is 6.45. The highest BCUT2D eigenvalue weighted by atomic mass is 31.0. The van der Waals surface area contributed by atoms with Crippen molar-refractivity contribution in [2.45, 2.75) is 25.4 Å². The standard InChI is InChI=1S/C22H25P3/c1-15-9-16(12-23)5-8-22(15)19-4-2-3-17(10-19)18-6-7-20(13-24)21(11-18)14-25/h2-11H,12-14,23-25H2,1H3. The molecule has 0 saturated carbocycles. The van der Waals surface area contributed by atoms with Crippen molar-refractivity contribution in [1.82, 2.24) is 0 Å². The van der Waals surface area contributed by atoms with Crippen molar-refractivity contribution >= 4 is 27.7 Å². The van der Waals surface area contributed by atoms with E-state index >= 15 is 0 Å². The lowest BCUT2D eigenvalue weighted by Gasteiger charge is -2.12. The van der Waals surface area contributed by atoms with E-state index in [1.807, 2.05) is 0 Å². The van der Waals surface area contributed by atoms with Crippen LogP contribution >= 0.6 is 27.7 Å². The van der Waals surface area contributed by atoms with E-state index in [-0.39, 0.29) is 0 Å². The average molecular weight is 382 g/mol. The molecule has 0 aliphatic rings. The normalized spacial score (nSPS) is 10.9. The van der Waals surface area contributed by atoms with Gasteiger partial charge >= 0.3 is 0 Å². The highest BCUT2D eigenvalue weighted by Gasteiger charge is 2.07. The molecular weight excluding hydrogens is 357 g/mol. The minimum absolute atomic E-state index is 0.993. The zero-order valence-corrected chi connectivity index (χ0v) is 18.1. The van der Waals surface area contributed by atoms with E-state index in [1.54, 1.807) is 0 Å². The van der Waals surface area contributed by atoms with Gasteiger partial charge in [0.15, 0.2) is 0 Å². The molecule has 0 radical (unpaired) electrons. The van der Waals surface area contributed by atoms with Crippen LogP contribution in [0.15, 0.2) is 60.7 Å². The third-order valence-corrected chi connectivity index (χ3v) is 6.03. The molecule has 3 rings (SSSR count). The van der Waals surface area contributed by atoms with Crippen molar-refractivity contribution in [3.05, 3.63) is 82.9 Å². The minimum Gasteiger partial charge on any atom is -0.133 e. The maximum Gasteiger partial charge on any atom is -0.0125 e. The van der Waals surface area contributed by atoms with Gasteiger partial charge in [-0.3, -0.25) is 0 Å². The van der Waals surface area contributed by atoms with Crippen LogP contribution in [0.1, 0.15) is 22.3 Å². The second-order valence-electron chi connectivity index (χ2n) is 6.33. The molecule has 0 amide bonds. The summed E-state index contributed by atoms with van der Waals surface area (Å²) in [6, 6.07) is 22.5.